The molecule has 0 heterocycles. The molecule has 0 atom stereocenters. The second-order valence-electron chi connectivity index (χ2n) is 4.78. The highest BCUT2D eigenvalue weighted by Crippen LogP contribution is 2.08. The van der Waals surface area contributed by atoms with Gasteiger partial charge in [-0.1, -0.05) is 24.3 Å². The zero-order valence-electron chi connectivity index (χ0n) is 11.2. The SMILES string of the molecule is Cc1ccccc1C(=O)CN(C)CCN(C)C. The maximum Gasteiger partial charge on any atom is 0.177 e. The van der Waals surface area contributed by atoms with Crippen LogP contribution in [0.3, 0.4) is 0 Å². The van der Waals surface area contributed by atoms with Crippen molar-refractivity contribution in [3.63, 3.8) is 0 Å². The Balaban J connectivity index is 2.52. The summed E-state index contributed by atoms with van der Waals surface area (Å²) in [6, 6.07) is 7.76. The fraction of sp³-hybridized carbons (Fsp3) is 0.500. The summed E-state index contributed by atoms with van der Waals surface area (Å²) < 4.78 is 0. The molecule has 3 nitrogen and oxygen atoms in total. The standard InChI is InChI=1S/C14H22N2O/c1-12-7-5-6-8-13(12)14(17)11-16(4)10-9-15(2)3/h5-8H,9-11H2,1-4H3. The predicted octanol–water partition coefficient (Wildman–Crippen LogP) is 1.67. The number of carbonyl (C=O) groups is 1. The topological polar surface area (TPSA) is 23.6 Å². The zero-order chi connectivity index (χ0) is 12.8. The molecule has 0 radical (unpaired) electrons. The Labute approximate surface area is 104 Å². The van der Waals surface area contributed by atoms with E-state index in [2.05, 4.69) is 9.80 Å². The fourth-order valence-electron chi connectivity index (χ4n) is 1.67. The number of rotatable bonds is 6. The summed E-state index contributed by atoms with van der Waals surface area (Å²) in [5, 5.41) is 0. The molecule has 94 valence electrons. The third-order valence-corrected chi connectivity index (χ3v) is 2.79. The Morgan fingerprint density at radius 1 is 1.12 bits per heavy atom. The van der Waals surface area contributed by atoms with Gasteiger partial charge < -0.3 is 4.90 Å². The van der Waals surface area contributed by atoms with E-state index < -0.39 is 0 Å². The molecule has 3 heteroatoms. The van der Waals surface area contributed by atoms with Gasteiger partial charge in [0.25, 0.3) is 0 Å². The number of benzene rings is 1. The van der Waals surface area contributed by atoms with Crippen molar-refractivity contribution in [2.24, 2.45) is 0 Å². The van der Waals surface area contributed by atoms with E-state index in [1.165, 1.54) is 0 Å². The van der Waals surface area contributed by atoms with Gasteiger partial charge >= 0.3 is 0 Å². The van der Waals surface area contributed by atoms with Crippen molar-refractivity contribution in [3.8, 4) is 0 Å². The summed E-state index contributed by atoms with van der Waals surface area (Å²) in [6.45, 7) is 4.34. The van der Waals surface area contributed by atoms with E-state index in [9.17, 15) is 4.79 Å². The zero-order valence-corrected chi connectivity index (χ0v) is 11.2. The van der Waals surface area contributed by atoms with Crippen molar-refractivity contribution in [1.29, 1.82) is 0 Å². The van der Waals surface area contributed by atoms with Gasteiger partial charge in [0.05, 0.1) is 6.54 Å². The monoisotopic (exact) mass is 234 g/mol. The first kappa shape index (κ1) is 13.9. The summed E-state index contributed by atoms with van der Waals surface area (Å²) in [5.41, 5.74) is 1.89. The Morgan fingerprint density at radius 2 is 1.76 bits per heavy atom. The van der Waals surface area contributed by atoms with Gasteiger partial charge in [0.15, 0.2) is 5.78 Å². The van der Waals surface area contributed by atoms with Gasteiger partial charge in [-0.3, -0.25) is 9.69 Å². The van der Waals surface area contributed by atoms with Gasteiger partial charge in [0.1, 0.15) is 0 Å². The van der Waals surface area contributed by atoms with Crippen molar-refractivity contribution >= 4 is 5.78 Å². The maximum absolute atomic E-state index is 12.1. The van der Waals surface area contributed by atoms with Crippen LogP contribution < -0.4 is 0 Å². The van der Waals surface area contributed by atoms with Crippen LogP contribution in [0.15, 0.2) is 24.3 Å². The molecule has 0 amide bonds. The largest absolute Gasteiger partial charge is 0.308 e. The first-order valence-electron chi connectivity index (χ1n) is 5.93. The normalized spacial score (nSPS) is 11.2. The summed E-state index contributed by atoms with van der Waals surface area (Å²) in [4.78, 5) is 16.2. The van der Waals surface area contributed by atoms with Crippen LogP contribution in [0.5, 0.6) is 0 Å². The molecule has 0 N–H and O–H groups in total. The Bertz CT molecular complexity index is 374. The molecule has 17 heavy (non-hydrogen) atoms. The van der Waals surface area contributed by atoms with Gasteiger partial charge in [-0.05, 0) is 33.6 Å². The van der Waals surface area contributed by atoms with E-state index in [1.807, 2.05) is 52.3 Å². The number of aryl methyl sites for hydroxylation is 1. The third kappa shape index (κ3) is 4.67. The summed E-state index contributed by atoms with van der Waals surface area (Å²) in [6.07, 6.45) is 0. The number of likely N-dealkylation sites (N-methyl/N-ethyl adjacent to an activating group) is 2. The number of carbonyl (C=O) groups excluding carboxylic acids is 1. The van der Waals surface area contributed by atoms with Gasteiger partial charge in [0.2, 0.25) is 0 Å². The quantitative estimate of drug-likeness (QED) is 0.700. The number of ketones is 1. The number of nitrogens with zero attached hydrogens (tertiary/aromatic N) is 2. The van der Waals surface area contributed by atoms with E-state index in [4.69, 9.17) is 0 Å². The molecule has 1 aromatic rings. The summed E-state index contributed by atoms with van der Waals surface area (Å²) in [7, 11) is 6.06. The fourth-order valence-corrected chi connectivity index (χ4v) is 1.67. The molecule has 0 fully saturated rings. The molecule has 0 bridgehead atoms. The molecule has 0 saturated heterocycles. The molecule has 0 aliphatic carbocycles. The minimum atomic E-state index is 0.198. The molecular formula is C14H22N2O. The van der Waals surface area contributed by atoms with Crippen molar-refractivity contribution in [3.05, 3.63) is 35.4 Å². The van der Waals surface area contributed by atoms with E-state index in [-0.39, 0.29) is 5.78 Å². The summed E-state index contributed by atoms with van der Waals surface area (Å²) in [5.74, 6) is 0.198. The van der Waals surface area contributed by atoms with Crippen LogP contribution in [0, 0.1) is 6.92 Å². The molecule has 0 unspecified atom stereocenters. The molecule has 1 aromatic carbocycles. The van der Waals surface area contributed by atoms with Gasteiger partial charge in [-0.15, -0.1) is 0 Å². The van der Waals surface area contributed by atoms with Gasteiger partial charge in [-0.25, -0.2) is 0 Å². The molecule has 0 saturated carbocycles. The molecule has 0 aromatic heterocycles. The Morgan fingerprint density at radius 3 is 2.35 bits per heavy atom. The Kier molecular flexibility index (Phi) is 5.32. The lowest BCUT2D eigenvalue weighted by atomic mass is 10.0. The van der Waals surface area contributed by atoms with Crippen molar-refractivity contribution in [2.45, 2.75) is 6.92 Å². The lowest BCUT2D eigenvalue weighted by Crippen LogP contribution is -2.32. The molecule has 0 aliphatic heterocycles. The minimum absolute atomic E-state index is 0.198. The molecule has 0 spiro atoms. The second-order valence-corrected chi connectivity index (χ2v) is 4.78. The van der Waals surface area contributed by atoms with Crippen molar-refractivity contribution in [2.75, 3.05) is 40.8 Å². The lowest BCUT2D eigenvalue weighted by molar-refractivity contribution is 0.0942. The van der Waals surface area contributed by atoms with Gasteiger partial charge in [-0.2, -0.15) is 0 Å². The number of hydrogen-bond acceptors (Lipinski definition) is 3. The highest BCUT2D eigenvalue weighted by Gasteiger charge is 2.11. The lowest BCUT2D eigenvalue weighted by Gasteiger charge is -2.18. The third-order valence-electron chi connectivity index (χ3n) is 2.79. The van der Waals surface area contributed by atoms with Crippen LogP contribution in [0.25, 0.3) is 0 Å². The highest BCUT2D eigenvalue weighted by atomic mass is 16.1. The molecular weight excluding hydrogens is 212 g/mol. The van der Waals surface area contributed by atoms with E-state index in [0.29, 0.717) is 6.54 Å². The van der Waals surface area contributed by atoms with E-state index in [0.717, 1.165) is 24.2 Å². The minimum Gasteiger partial charge on any atom is -0.308 e. The second kappa shape index (κ2) is 6.52. The Hall–Kier alpha value is -1.19. The smallest absolute Gasteiger partial charge is 0.177 e. The first-order valence-corrected chi connectivity index (χ1v) is 5.93. The van der Waals surface area contributed by atoms with Gasteiger partial charge in [0, 0.05) is 18.7 Å². The molecule has 1 rings (SSSR count). The van der Waals surface area contributed by atoms with E-state index >= 15 is 0 Å². The predicted molar refractivity (Wildman–Crippen MR) is 71.6 cm³/mol. The van der Waals surface area contributed by atoms with Crippen LogP contribution in [0.4, 0.5) is 0 Å². The van der Waals surface area contributed by atoms with E-state index in [1.54, 1.807) is 0 Å². The highest BCUT2D eigenvalue weighted by molar-refractivity contribution is 5.98. The van der Waals surface area contributed by atoms with Crippen molar-refractivity contribution in [1.82, 2.24) is 9.80 Å². The van der Waals surface area contributed by atoms with Crippen LogP contribution in [0.1, 0.15) is 15.9 Å². The summed E-state index contributed by atoms with van der Waals surface area (Å²) >= 11 is 0. The van der Waals surface area contributed by atoms with Crippen LogP contribution >= 0.6 is 0 Å². The first-order chi connectivity index (χ1) is 8.00. The average molecular weight is 234 g/mol. The molecule has 0 aliphatic rings. The number of Topliss-reactive ketones (excluding diaryl/α,β-unsaturated/α-hetero) is 1. The number of hydrogen-bond donors (Lipinski definition) is 0. The van der Waals surface area contributed by atoms with Crippen LogP contribution in [-0.2, 0) is 0 Å². The average Bonchev–Trinajstić information content (AvgIpc) is 2.26. The maximum atomic E-state index is 12.1. The van der Waals surface area contributed by atoms with Crippen molar-refractivity contribution < 1.29 is 4.79 Å². The van der Waals surface area contributed by atoms with Crippen LogP contribution in [0.2, 0.25) is 0 Å². The van der Waals surface area contributed by atoms with Crippen LogP contribution in [-0.4, -0.2) is 56.4 Å².